The quantitative estimate of drug-likeness (QED) is 0.473. The maximum absolute atomic E-state index is 11.0. The average Bonchev–Trinajstić information content (AvgIpc) is 2.74. The Hall–Kier alpha value is -3.99. The summed E-state index contributed by atoms with van der Waals surface area (Å²) in [6.07, 6.45) is 4.18. The highest BCUT2D eigenvalue weighted by atomic mass is 16.4. The fraction of sp³-hybridized carbons (Fsp3) is 0. The SMILES string of the molecule is O=Cc1ccc(N(c2ccc(C=O)cc2)c2ccc(/C=C/C(=O)O)cc2)cc1. The molecule has 0 aliphatic rings. The van der Waals surface area contributed by atoms with Gasteiger partial charge in [0.25, 0.3) is 0 Å². The van der Waals surface area contributed by atoms with Crippen molar-refractivity contribution < 1.29 is 19.5 Å². The van der Waals surface area contributed by atoms with Crippen LogP contribution in [0.3, 0.4) is 0 Å². The first-order valence-corrected chi connectivity index (χ1v) is 8.52. The van der Waals surface area contributed by atoms with Crippen LogP contribution < -0.4 is 4.90 Å². The summed E-state index contributed by atoms with van der Waals surface area (Å²) in [7, 11) is 0. The highest BCUT2D eigenvalue weighted by Crippen LogP contribution is 2.34. The highest BCUT2D eigenvalue weighted by molar-refractivity contribution is 5.86. The molecule has 0 atom stereocenters. The van der Waals surface area contributed by atoms with Crippen molar-refractivity contribution in [2.75, 3.05) is 4.90 Å². The maximum atomic E-state index is 11.0. The van der Waals surface area contributed by atoms with Crippen LogP contribution in [0.15, 0.2) is 78.9 Å². The number of hydrogen-bond donors (Lipinski definition) is 1. The number of anilines is 3. The van der Waals surface area contributed by atoms with Crippen molar-refractivity contribution >= 4 is 41.7 Å². The third-order valence-electron chi connectivity index (χ3n) is 4.14. The van der Waals surface area contributed by atoms with Crippen LogP contribution >= 0.6 is 0 Å². The number of nitrogens with zero attached hydrogens (tertiary/aromatic N) is 1. The van der Waals surface area contributed by atoms with Crippen LogP contribution in [-0.2, 0) is 4.79 Å². The molecule has 1 N–H and O–H groups in total. The van der Waals surface area contributed by atoms with Crippen LogP contribution in [0.2, 0.25) is 0 Å². The van der Waals surface area contributed by atoms with Crippen molar-refractivity contribution in [1.29, 1.82) is 0 Å². The molecule has 3 rings (SSSR count). The lowest BCUT2D eigenvalue weighted by molar-refractivity contribution is -0.131. The molecule has 0 aromatic heterocycles. The normalized spacial score (nSPS) is 10.6. The number of hydrogen-bond acceptors (Lipinski definition) is 4. The van der Waals surface area contributed by atoms with Gasteiger partial charge >= 0.3 is 5.97 Å². The van der Waals surface area contributed by atoms with Crippen molar-refractivity contribution in [3.05, 3.63) is 95.6 Å². The van der Waals surface area contributed by atoms with Crippen molar-refractivity contribution in [3.8, 4) is 0 Å². The van der Waals surface area contributed by atoms with E-state index in [1.165, 1.54) is 6.08 Å². The van der Waals surface area contributed by atoms with E-state index in [0.717, 1.165) is 41.3 Å². The van der Waals surface area contributed by atoms with E-state index in [-0.39, 0.29) is 0 Å². The number of carbonyl (C=O) groups excluding carboxylic acids is 2. The van der Waals surface area contributed by atoms with E-state index in [0.29, 0.717) is 11.1 Å². The average molecular weight is 371 g/mol. The lowest BCUT2D eigenvalue weighted by Crippen LogP contribution is -2.10. The number of carboxylic acids is 1. The van der Waals surface area contributed by atoms with E-state index >= 15 is 0 Å². The van der Waals surface area contributed by atoms with Crippen molar-refractivity contribution in [1.82, 2.24) is 0 Å². The summed E-state index contributed by atoms with van der Waals surface area (Å²) in [5.41, 5.74) is 4.46. The van der Waals surface area contributed by atoms with E-state index in [1.54, 1.807) is 24.3 Å². The Morgan fingerprint density at radius 2 is 1.00 bits per heavy atom. The predicted molar refractivity (Wildman–Crippen MR) is 109 cm³/mol. The summed E-state index contributed by atoms with van der Waals surface area (Å²) in [6.45, 7) is 0. The van der Waals surface area contributed by atoms with Crippen molar-refractivity contribution in [2.24, 2.45) is 0 Å². The van der Waals surface area contributed by atoms with Crippen molar-refractivity contribution in [2.45, 2.75) is 0 Å². The smallest absolute Gasteiger partial charge is 0.328 e. The first-order valence-electron chi connectivity index (χ1n) is 8.52. The minimum absolute atomic E-state index is 0.578. The fourth-order valence-electron chi connectivity index (χ4n) is 2.75. The Morgan fingerprint density at radius 3 is 1.32 bits per heavy atom. The van der Waals surface area contributed by atoms with Gasteiger partial charge in [0.15, 0.2) is 0 Å². The summed E-state index contributed by atoms with van der Waals surface area (Å²) < 4.78 is 0. The minimum Gasteiger partial charge on any atom is -0.478 e. The molecule has 0 aliphatic heterocycles. The predicted octanol–water partition coefficient (Wildman–Crippen LogP) is 4.88. The van der Waals surface area contributed by atoms with Gasteiger partial charge in [0.05, 0.1) is 0 Å². The third-order valence-corrected chi connectivity index (χ3v) is 4.14. The van der Waals surface area contributed by atoms with E-state index in [1.807, 2.05) is 53.4 Å². The molecular formula is C23H17NO4. The summed E-state index contributed by atoms with van der Waals surface area (Å²) in [5, 5.41) is 8.76. The molecule has 0 heterocycles. The third kappa shape index (κ3) is 4.40. The van der Waals surface area contributed by atoms with Gasteiger partial charge in [0.1, 0.15) is 12.6 Å². The molecule has 28 heavy (non-hydrogen) atoms. The molecule has 3 aromatic rings. The zero-order valence-corrected chi connectivity index (χ0v) is 14.9. The number of benzene rings is 3. The van der Waals surface area contributed by atoms with Crippen molar-refractivity contribution in [3.63, 3.8) is 0 Å². The van der Waals surface area contributed by atoms with Crippen LogP contribution in [0.4, 0.5) is 17.1 Å². The second-order valence-electron chi connectivity index (χ2n) is 6.02. The summed E-state index contributed by atoms with van der Waals surface area (Å²) in [6, 6.07) is 21.7. The summed E-state index contributed by atoms with van der Waals surface area (Å²) >= 11 is 0. The standard InChI is InChI=1S/C23H17NO4/c25-15-18-3-10-21(11-4-18)24(22-12-5-19(16-26)6-13-22)20-8-1-17(2-9-20)7-14-23(27)28/h1-16H,(H,27,28)/b14-7+. The van der Waals surface area contributed by atoms with Gasteiger partial charge in [0.2, 0.25) is 0 Å². The summed E-state index contributed by atoms with van der Waals surface area (Å²) in [5.74, 6) is -1.00. The van der Waals surface area contributed by atoms with Crippen LogP contribution in [0.5, 0.6) is 0 Å². The first-order chi connectivity index (χ1) is 13.6. The molecule has 3 aromatic carbocycles. The van der Waals surface area contributed by atoms with Gasteiger partial charge in [0, 0.05) is 34.3 Å². The molecule has 5 nitrogen and oxygen atoms in total. The molecule has 0 saturated heterocycles. The first kappa shape index (κ1) is 18.8. The molecule has 0 bridgehead atoms. The van der Waals surface area contributed by atoms with Crippen LogP contribution in [-0.4, -0.2) is 23.6 Å². The van der Waals surface area contributed by atoms with Gasteiger partial charge < -0.3 is 10.0 Å². The molecule has 0 radical (unpaired) electrons. The Balaban J connectivity index is 2.02. The van der Waals surface area contributed by atoms with Gasteiger partial charge in [-0.2, -0.15) is 0 Å². The van der Waals surface area contributed by atoms with Gasteiger partial charge in [-0.15, -0.1) is 0 Å². The molecule has 0 spiro atoms. The molecule has 0 unspecified atom stereocenters. The molecule has 0 fully saturated rings. The van der Waals surface area contributed by atoms with Gasteiger partial charge in [-0.1, -0.05) is 12.1 Å². The van der Waals surface area contributed by atoms with E-state index in [9.17, 15) is 14.4 Å². The number of carbonyl (C=O) groups is 3. The Labute approximate surface area is 162 Å². The second kappa shape index (κ2) is 8.60. The minimum atomic E-state index is -1.00. The highest BCUT2D eigenvalue weighted by Gasteiger charge is 2.12. The fourth-order valence-corrected chi connectivity index (χ4v) is 2.75. The zero-order valence-electron chi connectivity index (χ0n) is 14.9. The van der Waals surface area contributed by atoms with Crippen LogP contribution in [0.1, 0.15) is 26.3 Å². The zero-order chi connectivity index (χ0) is 19.9. The largest absolute Gasteiger partial charge is 0.478 e. The monoisotopic (exact) mass is 371 g/mol. The van der Waals surface area contributed by atoms with Crippen LogP contribution in [0, 0.1) is 0 Å². The number of aldehydes is 2. The number of rotatable bonds is 7. The van der Waals surface area contributed by atoms with E-state index in [4.69, 9.17) is 5.11 Å². The van der Waals surface area contributed by atoms with Gasteiger partial charge in [-0.25, -0.2) is 4.79 Å². The number of carboxylic acid groups (broad SMARTS) is 1. The Kier molecular flexibility index (Phi) is 5.77. The Morgan fingerprint density at radius 1 is 0.643 bits per heavy atom. The number of aliphatic carboxylic acids is 1. The molecule has 0 saturated carbocycles. The maximum Gasteiger partial charge on any atom is 0.328 e. The topological polar surface area (TPSA) is 74.7 Å². The Bertz CT molecular complexity index is 952. The summed E-state index contributed by atoms with van der Waals surface area (Å²) in [4.78, 5) is 34.6. The lowest BCUT2D eigenvalue weighted by atomic mass is 10.1. The molecule has 5 heteroatoms. The van der Waals surface area contributed by atoms with Gasteiger partial charge in [-0.3, -0.25) is 9.59 Å². The lowest BCUT2D eigenvalue weighted by Gasteiger charge is -2.25. The van der Waals surface area contributed by atoms with Gasteiger partial charge in [-0.05, 0) is 72.3 Å². The molecular weight excluding hydrogens is 354 g/mol. The molecule has 138 valence electrons. The second-order valence-corrected chi connectivity index (χ2v) is 6.02. The molecule has 0 amide bonds. The van der Waals surface area contributed by atoms with E-state index < -0.39 is 5.97 Å². The van der Waals surface area contributed by atoms with E-state index in [2.05, 4.69) is 0 Å². The van der Waals surface area contributed by atoms with Crippen LogP contribution in [0.25, 0.3) is 6.08 Å². The molecule has 0 aliphatic carbocycles.